The summed E-state index contributed by atoms with van der Waals surface area (Å²) in [5.41, 5.74) is 4.81. The van der Waals surface area contributed by atoms with E-state index in [0.717, 1.165) is 6.07 Å². The highest BCUT2D eigenvalue weighted by atomic mass is 35.5. The molecule has 0 saturated heterocycles. The first-order valence-corrected chi connectivity index (χ1v) is 7.46. The van der Waals surface area contributed by atoms with E-state index in [9.17, 15) is 13.2 Å². The fourth-order valence-electron chi connectivity index (χ4n) is 1.32. The summed E-state index contributed by atoms with van der Waals surface area (Å²) in [5, 5.41) is 8.41. The second-order valence-electron chi connectivity index (χ2n) is 3.58. The molecule has 0 radical (unpaired) electrons. The standard InChI is InChI=1S/C10H12Cl2N2O4S/c11-6-2-3-7(9(12)8(6)10(15)16)19(17,18)14-5-1-4-13/h2-3,14H,1,4-5,13H2,(H,15,16). The molecule has 106 valence electrons. The minimum atomic E-state index is -3.90. The average Bonchev–Trinajstić information content (AvgIpc) is 2.28. The SMILES string of the molecule is NCCCNS(=O)(=O)c1ccc(Cl)c(C(=O)O)c1Cl. The Bertz CT molecular complexity index is 589. The molecular weight excluding hydrogens is 315 g/mol. The molecule has 0 bridgehead atoms. The van der Waals surface area contributed by atoms with Gasteiger partial charge in [-0.1, -0.05) is 23.2 Å². The summed E-state index contributed by atoms with van der Waals surface area (Å²) in [6.07, 6.45) is 0.455. The summed E-state index contributed by atoms with van der Waals surface area (Å²) in [5.74, 6) is -1.39. The van der Waals surface area contributed by atoms with Crippen LogP contribution in [0, 0.1) is 0 Å². The molecular formula is C10H12Cl2N2O4S. The summed E-state index contributed by atoms with van der Waals surface area (Å²) in [6.45, 7) is 0.470. The molecule has 0 spiro atoms. The van der Waals surface area contributed by atoms with Crippen LogP contribution in [0.2, 0.25) is 10.0 Å². The maximum atomic E-state index is 11.9. The second kappa shape index (κ2) is 6.53. The van der Waals surface area contributed by atoms with Crippen LogP contribution >= 0.6 is 23.2 Å². The zero-order chi connectivity index (χ0) is 14.6. The smallest absolute Gasteiger partial charge is 0.338 e. The average molecular weight is 327 g/mol. The highest BCUT2D eigenvalue weighted by Gasteiger charge is 2.24. The molecule has 0 aliphatic rings. The van der Waals surface area contributed by atoms with Gasteiger partial charge >= 0.3 is 5.97 Å². The zero-order valence-corrected chi connectivity index (χ0v) is 12.0. The molecule has 0 atom stereocenters. The van der Waals surface area contributed by atoms with E-state index in [1.807, 2.05) is 0 Å². The fraction of sp³-hybridized carbons (Fsp3) is 0.300. The Labute approximate surface area is 120 Å². The van der Waals surface area contributed by atoms with Crippen molar-refractivity contribution in [1.82, 2.24) is 4.72 Å². The number of nitrogens with one attached hydrogen (secondary N) is 1. The number of hydrogen-bond donors (Lipinski definition) is 3. The predicted octanol–water partition coefficient (Wildman–Crippen LogP) is 1.32. The number of benzene rings is 1. The van der Waals surface area contributed by atoms with Gasteiger partial charge < -0.3 is 10.8 Å². The lowest BCUT2D eigenvalue weighted by atomic mass is 10.2. The van der Waals surface area contributed by atoms with Gasteiger partial charge in [0.1, 0.15) is 4.90 Å². The van der Waals surface area contributed by atoms with Gasteiger partial charge in [0, 0.05) is 6.54 Å². The first kappa shape index (κ1) is 16.2. The molecule has 0 amide bonds. The molecule has 0 unspecified atom stereocenters. The van der Waals surface area contributed by atoms with Crippen molar-refractivity contribution in [2.45, 2.75) is 11.3 Å². The Kier molecular flexibility index (Phi) is 5.57. The van der Waals surface area contributed by atoms with Crippen molar-refractivity contribution in [2.75, 3.05) is 13.1 Å². The summed E-state index contributed by atoms with van der Waals surface area (Å²) >= 11 is 11.5. The number of halogens is 2. The summed E-state index contributed by atoms with van der Waals surface area (Å²) in [4.78, 5) is 10.7. The Balaban J connectivity index is 3.21. The van der Waals surface area contributed by atoms with Crippen LogP contribution < -0.4 is 10.5 Å². The van der Waals surface area contributed by atoms with Crippen LogP contribution in [0.1, 0.15) is 16.8 Å². The van der Waals surface area contributed by atoms with Crippen molar-refractivity contribution in [1.29, 1.82) is 0 Å². The third-order valence-corrected chi connectivity index (χ3v) is 4.56. The minimum Gasteiger partial charge on any atom is -0.478 e. The normalized spacial score (nSPS) is 11.5. The molecule has 0 fully saturated rings. The van der Waals surface area contributed by atoms with Crippen molar-refractivity contribution in [3.63, 3.8) is 0 Å². The van der Waals surface area contributed by atoms with Gasteiger partial charge in [-0.2, -0.15) is 0 Å². The Hall–Kier alpha value is -0.860. The van der Waals surface area contributed by atoms with Gasteiger partial charge in [-0.05, 0) is 25.1 Å². The fourth-order valence-corrected chi connectivity index (χ4v) is 3.31. The van der Waals surface area contributed by atoms with Crippen LogP contribution in [0.3, 0.4) is 0 Å². The van der Waals surface area contributed by atoms with Gasteiger partial charge in [-0.3, -0.25) is 0 Å². The van der Waals surface area contributed by atoms with Crippen molar-refractivity contribution in [3.05, 3.63) is 27.7 Å². The van der Waals surface area contributed by atoms with Crippen molar-refractivity contribution in [2.24, 2.45) is 5.73 Å². The topological polar surface area (TPSA) is 109 Å². The van der Waals surface area contributed by atoms with E-state index in [1.165, 1.54) is 6.07 Å². The number of aromatic carboxylic acids is 1. The van der Waals surface area contributed by atoms with Crippen molar-refractivity contribution >= 4 is 39.2 Å². The number of carbonyl (C=O) groups is 1. The second-order valence-corrected chi connectivity index (χ2v) is 6.10. The number of hydrogen-bond acceptors (Lipinski definition) is 4. The molecule has 0 aliphatic heterocycles. The molecule has 1 rings (SSSR count). The number of carboxylic acids is 1. The molecule has 1 aromatic carbocycles. The van der Waals surface area contributed by atoms with E-state index in [0.29, 0.717) is 13.0 Å². The minimum absolute atomic E-state index is 0.126. The largest absolute Gasteiger partial charge is 0.478 e. The molecule has 19 heavy (non-hydrogen) atoms. The Morgan fingerprint density at radius 2 is 2.00 bits per heavy atom. The molecule has 0 saturated carbocycles. The molecule has 6 nitrogen and oxygen atoms in total. The van der Waals surface area contributed by atoms with Crippen LogP contribution in [0.15, 0.2) is 17.0 Å². The van der Waals surface area contributed by atoms with Crippen LogP contribution in [0.5, 0.6) is 0 Å². The lowest BCUT2D eigenvalue weighted by Gasteiger charge is -2.10. The van der Waals surface area contributed by atoms with E-state index in [2.05, 4.69) is 4.72 Å². The van der Waals surface area contributed by atoms with Crippen LogP contribution in [-0.4, -0.2) is 32.6 Å². The van der Waals surface area contributed by atoms with Gasteiger partial charge in [0.05, 0.1) is 15.6 Å². The number of carboxylic acid groups (broad SMARTS) is 1. The first-order valence-electron chi connectivity index (χ1n) is 5.22. The number of nitrogens with two attached hydrogens (primary N) is 1. The molecule has 1 aromatic rings. The summed E-state index contributed by atoms with van der Waals surface area (Å²) in [7, 11) is -3.90. The Morgan fingerprint density at radius 3 is 2.53 bits per heavy atom. The van der Waals surface area contributed by atoms with E-state index >= 15 is 0 Å². The van der Waals surface area contributed by atoms with Gasteiger partial charge in [0.15, 0.2) is 0 Å². The summed E-state index contributed by atoms with van der Waals surface area (Å²) in [6, 6.07) is 2.33. The Morgan fingerprint density at radius 1 is 1.37 bits per heavy atom. The zero-order valence-electron chi connectivity index (χ0n) is 9.69. The van der Waals surface area contributed by atoms with Crippen molar-refractivity contribution in [3.8, 4) is 0 Å². The molecule has 0 aliphatic carbocycles. The van der Waals surface area contributed by atoms with Gasteiger partial charge in [0.25, 0.3) is 0 Å². The van der Waals surface area contributed by atoms with Crippen LogP contribution in [0.25, 0.3) is 0 Å². The maximum Gasteiger partial charge on any atom is 0.338 e. The summed E-state index contributed by atoms with van der Waals surface area (Å²) < 4.78 is 26.2. The van der Waals surface area contributed by atoms with E-state index in [4.69, 9.17) is 34.0 Å². The molecule has 0 heterocycles. The predicted molar refractivity (Wildman–Crippen MR) is 72.3 cm³/mol. The first-order chi connectivity index (χ1) is 8.81. The van der Waals surface area contributed by atoms with Gasteiger partial charge in [-0.25, -0.2) is 17.9 Å². The lowest BCUT2D eigenvalue weighted by Crippen LogP contribution is -2.26. The van der Waals surface area contributed by atoms with E-state index in [1.54, 1.807) is 0 Å². The third kappa shape index (κ3) is 3.80. The highest BCUT2D eigenvalue weighted by molar-refractivity contribution is 7.89. The molecule has 4 N–H and O–H groups in total. The number of sulfonamides is 1. The quantitative estimate of drug-likeness (QED) is 0.683. The highest BCUT2D eigenvalue weighted by Crippen LogP contribution is 2.30. The van der Waals surface area contributed by atoms with Crippen molar-refractivity contribution < 1.29 is 18.3 Å². The third-order valence-electron chi connectivity index (χ3n) is 2.23. The molecule has 0 aromatic heterocycles. The van der Waals surface area contributed by atoms with E-state index < -0.39 is 26.6 Å². The maximum absolute atomic E-state index is 11.9. The van der Waals surface area contributed by atoms with Gasteiger partial charge in [-0.15, -0.1) is 0 Å². The lowest BCUT2D eigenvalue weighted by molar-refractivity contribution is 0.0697. The van der Waals surface area contributed by atoms with Crippen LogP contribution in [0.4, 0.5) is 0 Å². The monoisotopic (exact) mass is 326 g/mol. The molecule has 9 heteroatoms. The van der Waals surface area contributed by atoms with Gasteiger partial charge in [0.2, 0.25) is 10.0 Å². The van der Waals surface area contributed by atoms with E-state index in [-0.39, 0.29) is 16.5 Å². The van der Waals surface area contributed by atoms with Crippen LogP contribution in [-0.2, 0) is 10.0 Å². The number of rotatable bonds is 6.